The van der Waals surface area contributed by atoms with Crippen LogP contribution in [0.3, 0.4) is 0 Å². The van der Waals surface area contributed by atoms with E-state index in [0.717, 1.165) is 29.1 Å². The average molecular weight is 391 g/mol. The molecule has 1 aromatic heterocycles. The molecule has 3 aromatic rings. The number of hydrogen-bond donors (Lipinski definition) is 1. The Bertz CT molecular complexity index is 983. The molecule has 5 nitrogen and oxygen atoms in total. The third-order valence-electron chi connectivity index (χ3n) is 4.09. The lowest BCUT2D eigenvalue weighted by Gasteiger charge is -2.05. The van der Waals surface area contributed by atoms with Crippen molar-refractivity contribution in [2.24, 2.45) is 11.0 Å². The molecule has 142 valence electrons. The molecule has 1 heterocycles. The number of nitrogens with zero attached hydrogens (tertiary/aromatic N) is 3. The SMILES string of the molecule is COc1ccc(NN=C(C#N)c2nc(-c3ccc(CC(C)C)cc3)cs2)cc1. The number of benzene rings is 2. The Hall–Kier alpha value is -3.17. The Kier molecular flexibility index (Phi) is 6.41. The molecule has 6 heteroatoms. The van der Waals surface area contributed by atoms with Gasteiger partial charge in [0.15, 0.2) is 10.7 Å². The summed E-state index contributed by atoms with van der Waals surface area (Å²) in [6.45, 7) is 4.42. The van der Waals surface area contributed by atoms with E-state index in [4.69, 9.17) is 4.74 Å². The zero-order chi connectivity index (χ0) is 19.9. The predicted molar refractivity (Wildman–Crippen MR) is 115 cm³/mol. The number of aromatic nitrogens is 1. The molecule has 0 aliphatic carbocycles. The Morgan fingerprint density at radius 2 is 1.89 bits per heavy atom. The first-order valence-electron chi connectivity index (χ1n) is 9.02. The van der Waals surface area contributed by atoms with Crippen molar-refractivity contribution in [1.82, 2.24) is 4.98 Å². The van der Waals surface area contributed by atoms with Crippen molar-refractivity contribution >= 4 is 22.7 Å². The number of anilines is 1. The summed E-state index contributed by atoms with van der Waals surface area (Å²) >= 11 is 1.41. The molecule has 0 spiro atoms. The first kappa shape index (κ1) is 19.6. The van der Waals surface area contributed by atoms with Gasteiger partial charge in [0.1, 0.15) is 11.8 Å². The second kappa shape index (κ2) is 9.16. The normalized spacial score (nSPS) is 11.3. The molecule has 2 aromatic carbocycles. The van der Waals surface area contributed by atoms with Crippen LogP contribution in [0.15, 0.2) is 59.0 Å². The van der Waals surface area contributed by atoms with Gasteiger partial charge in [-0.15, -0.1) is 11.3 Å². The van der Waals surface area contributed by atoms with Crippen LogP contribution in [0.2, 0.25) is 0 Å². The van der Waals surface area contributed by atoms with Crippen LogP contribution in [0.1, 0.15) is 24.4 Å². The number of hydrogen-bond acceptors (Lipinski definition) is 6. The zero-order valence-corrected chi connectivity index (χ0v) is 17.0. The molecule has 0 amide bonds. The quantitative estimate of drug-likeness (QED) is 0.436. The minimum Gasteiger partial charge on any atom is -0.497 e. The third-order valence-corrected chi connectivity index (χ3v) is 4.94. The van der Waals surface area contributed by atoms with Crippen molar-refractivity contribution in [3.63, 3.8) is 0 Å². The minimum atomic E-state index is 0.253. The van der Waals surface area contributed by atoms with Crippen LogP contribution in [-0.4, -0.2) is 17.8 Å². The molecule has 0 saturated heterocycles. The summed E-state index contributed by atoms with van der Waals surface area (Å²) in [7, 11) is 1.62. The van der Waals surface area contributed by atoms with Gasteiger partial charge >= 0.3 is 0 Å². The van der Waals surface area contributed by atoms with E-state index in [1.54, 1.807) is 7.11 Å². The predicted octanol–water partition coefficient (Wildman–Crippen LogP) is 5.36. The van der Waals surface area contributed by atoms with Crippen LogP contribution in [0.4, 0.5) is 5.69 Å². The van der Waals surface area contributed by atoms with Crippen LogP contribution < -0.4 is 10.2 Å². The van der Waals surface area contributed by atoms with Crippen molar-refractivity contribution in [1.29, 1.82) is 5.26 Å². The summed E-state index contributed by atoms with van der Waals surface area (Å²) in [4.78, 5) is 4.59. The van der Waals surface area contributed by atoms with Crippen LogP contribution >= 0.6 is 11.3 Å². The highest BCUT2D eigenvalue weighted by atomic mass is 32.1. The molecule has 0 radical (unpaired) electrons. The summed E-state index contributed by atoms with van der Waals surface area (Å²) in [6.07, 6.45) is 1.06. The molecule has 0 aliphatic heterocycles. The van der Waals surface area contributed by atoms with Crippen LogP contribution in [0, 0.1) is 17.2 Å². The summed E-state index contributed by atoms with van der Waals surface area (Å²) in [5.41, 5.74) is 7.12. The first-order valence-corrected chi connectivity index (χ1v) is 9.90. The molecule has 0 fully saturated rings. The van der Waals surface area contributed by atoms with Gasteiger partial charge in [0.2, 0.25) is 0 Å². The Balaban J connectivity index is 1.74. The highest BCUT2D eigenvalue weighted by molar-refractivity contribution is 7.12. The van der Waals surface area contributed by atoms with Crippen LogP contribution in [0.5, 0.6) is 5.75 Å². The minimum absolute atomic E-state index is 0.253. The fourth-order valence-corrected chi connectivity index (χ4v) is 3.47. The fourth-order valence-electron chi connectivity index (χ4n) is 2.70. The van der Waals surface area contributed by atoms with E-state index in [1.807, 2.05) is 29.6 Å². The van der Waals surface area contributed by atoms with Crippen LogP contribution in [-0.2, 0) is 6.42 Å². The van der Waals surface area contributed by atoms with E-state index in [9.17, 15) is 5.26 Å². The number of nitrogens with one attached hydrogen (secondary N) is 1. The molecule has 0 unspecified atom stereocenters. The largest absolute Gasteiger partial charge is 0.497 e. The average Bonchev–Trinajstić information content (AvgIpc) is 3.19. The van der Waals surface area contributed by atoms with E-state index in [2.05, 4.69) is 59.7 Å². The van der Waals surface area contributed by atoms with Crippen molar-refractivity contribution < 1.29 is 4.74 Å². The molecule has 3 rings (SSSR count). The maximum atomic E-state index is 9.47. The van der Waals surface area contributed by atoms with Crippen LogP contribution in [0.25, 0.3) is 11.3 Å². The number of ether oxygens (including phenoxy) is 1. The molecular weight excluding hydrogens is 368 g/mol. The van der Waals surface area contributed by atoms with Gasteiger partial charge in [-0.1, -0.05) is 38.1 Å². The highest BCUT2D eigenvalue weighted by Gasteiger charge is 2.11. The standard InChI is InChI=1S/C22H22N4OS/c1-15(2)12-16-4-6-17(7-5-16)21-14-28-22(24-21)20(13-23)26-25-18-8-10-19(27-3)11-9-18/h4-11,14-15,25H,12H2,1-3H3. The smallest absolute Gasteiger partial charge is 0.196 e. The molecule has 0 atom stereocenters. The lowest BCUT2D eigenvalue weighted by molar-refractivity contribution is 0.415. The molecule has 0 saturated carbocycles. The molecular formula is C22H22N4OS. The summed E-state index contributed by atoms with van der Waals surface area (Å²) < 4.78 is 5.13. The maximum absolute atomic E-state index is 9.47. The van der Waals surface area contributed by atoms with Gasteiger partial charge in [-0.05, 0) is 42.2 Å². The van der Waals surface area contributed by atoms with E-state index in [1.165, 1.54) is 16.9 Å². The maximum Gasteiger partial charge on any atom is 0.196 e. The van der Waals surface area contributed by atoms with E-state index in [0.29, 0.717) is 10.9 Å². The van der Waals surface area contributed by atoms with E-state index >= 15 is 0 Å². The Labute approximate surface area is 169 Å². The Morgan fingerprint density at radius 1 is 1.18 bits per heavy atom. The van der Waals surface area contributed by atoms with Crippen molar-refractivity contribution in [2.75, 3.05) is 12.5 Å². The number of thiazole rings is 1. The topological polar surface area (TPSA) is 70.3 Å². The van der Waals surface area contributed by atoms with Gasteiger partial charge in [0, 0.05) is 10.9 Å². The van der Waals surface area contributed by atoms with Gasteiger partial charge in [-0.2, -0.15) is 10.4 Å². The molecule has 28 heavy (non-hydrogen) atoms. The summed E-state index contributed by atoms with van der Waals surface area (Å²) in [6, 6.07) is 17.9. The molecule has 0 bridgehead atoms. The number of nitriles is 1. The summed E-state index contributed by atoms with van der Waals surface area (Å²) in [5, 5.41) is 16.2. The molecule has 0 aliphatic rings. The van der Waals surface area contributed by atoms with Gasteiger partial charge in [-0.25, -0.2) is 4.98 Å². The van der Waals surface area contributed by atoms with Crippen molar-refractivity contribution in [2.45, 2.75) is 20.3 Å². The second-order valence-electron chi connectivity index (χ2n) is 6.75. The van der Waals surface area contributed by atoms with Crippen molar-refractivity contribution in [3.05, 3.63) is 64.5 Å². The van der Waals surface area contributed by atoms with Gasteiger partial charge in [0.25, 0.3) is 0 Å². The third kappa shape index (κ3) is 4.96. The molecule has 1 N–H and O–H groups in total. The number of methoxy groups -OCH3 is 1. The summed E-state index contributed by atoms with van der Waals surface area (Å²) in [5.74, 6) is 1.39. The zero-order valence-electron chi connectivity index (χ0n) is 16.1. The van der Waals surface area contributed by atoms with E-state index < -0.39 is 0 Å². The lowest BCUT2D eigenvalue weighted by Crippen LogP contribution is -2.01. The highest BCUT2D eigenvalue weighted by Crippen LogP contribution is 2.24. The fraction of sp³-hybridized carbons (Fsp3) is 0.227. The lowest BCUT2D eigenvalue weighted by atomic mass is 10.0. The number of hydrazone groups is 1. The van der Waals surface area contributed by atoms with Gasteiger partial charge in [-0.3, -0.25) is 5.43 Å². The number of rotatable bonds is 7. The Morgan fingerprint density at radius 3 is 2.50 bits per heavy atom. The monoisotopic (exact) mass is 390 g/mol. The van der Waals surface area contributed by atoms with E-state index in [-0.39, 0.29) is 5.71 Å². The van der Waals surface area contributed by atoms with Gasteiger partial charge in [0.05, 0.1) is 18.5 Å². The first-order chi connectivity index (χ1) is 13.6. The second-order valence-corrected chi connectivity index (χ2v) is 7.60. The van der Waals surface area contributed by atoms with Gasteiger partial charge < -0.3 is 4.74 Å². The van der Waals surface area contributed by atoms with Crippen molar-refractivity contribution in [3.8, 4) is 23.1 Å².